The van der Waals surface area contributed by atoms with E-state index in [0.29, 0.717) is 0 Å². The Balaban J connectivity index is 0.000000791. The van der Waals surface area contributed by atoms with Crippen LogP contribution in [0.1, 0.15) is 34.1 Å². The molecule has 0 aromatic carbocycles. The van der Waals surface area contributed by atoms with E-state index in [4.69, 9.17) is 0 Å². The van der Waals surface area contributed by atoms with E-state index in [0.717, 1.165) is 10.9 Å². The molecule has 0 spiro atoms. The van der Waals surface area contributed by atoms with Gasteiger partial charge in [-0.1, -0.05) is 40.2 Å². The summed E-state index contributed by atoms with van der Waals surface area (Å²) < 4.78 is 0. The number of hydrogen-bond donors (Lipinski definition) is 0. The maximum atomic E-state index is 4.25. The number of thioether (sulfide) groups is 1. The van der Waals surface area contributed by atoms with Crippen LogP contribution in [0.4, 0.5) is 0 Å². The van der Waals surface area contributed by atoms with Gasteiger partial charge in [-0.25, -0.2) is 4.98 Å². The summed E-state index contributed by atoms with van der Waals surface area (Å²) in [5.74, 6) is 1.96. The van der Waals surface area contributed by atoms with Crippen molar-refractivity contribution in [3.63, 3.8) is 0 Å². The molecule has 1 unspecified atom stereocenters. The Morgan fingerprint density at radius 1 is 1.36 bits per heavy atom. The monoisotopic (exact) mass is 211 g/mol. The minimum atomic E-state index is 0.789. The molecule has 1 atom stereocenters. The van der Waals surface area contributed by atoms with Crippen LogP contribution in [0.3, 0.4) is 0 Å². The van der Waals surface area contributed by atoms with Gasteiger partial charge in [-0.2, -0.15) is 0 Å². The van der Waals surface area contributed by atoms with Gasteiger partial charge < -0.3 is 0 Å². The van der Waals surface area contributed by atoms with Gasteiger partial charge in [0, 0.05) is 11.9 Å². The second-order valence-corrected chi connectivity index (χ2v) is 4.03. The minimum absolute atomic E-state index is 0.789. The average Bonchev–Trinajstić information content (AvgIpc) is 2.30. The van der Waals surface area contributed by atoms with E-state index >= 15 is 0 Å². The SMILES string of the molecule is CC.CCC(C)CSc1ccccn1. The molecule has 0 aliphatic rings. The van der Waals surface area contributed by atoms with Crippen molar-refractivity contribution < 1.29 is 0 Å². The van der Waals surface area contributed by atoms with Crippen LogP contribution in [0.15, 0.2) is 29.4 Å². The van der Waals surface area contributed by atoms with Crippen molar-refractivity contribution in [2.45, 2.75) is 39.1 Å². The summed E-state index contributed by atoms with van der Waals surface area (Å²) >= 11 is 1.84. The van der Waals surface area contributed by atoms with Crippen molar-refractivity contribution in [3.8, 4) is 0 Å². The van der Waals surface area contributed by atoms with Crippen molar-refractivity contribution in [2.24, 2.45) is 5.92 Å². The third-order valence-electron chi connectivity index (χ3n) is 1.85. The lowest BCUT2D eigenvalue weighted by Crippen LogP contribution is -1.95. The third kappa shape index (κ3) is 6.03. The fraction of sp³-hybridized carbons (Fsp3) is 0.583. The van der Waals surface area contributed by atoms with E-state index in [1.807, 2.05) is 43.9 Å². The molecule has 80 valence electrons. The second kappa shape index (κ2) is 9.07. The zero-order valence-corrected chi connectivity index (χ0v) is 10.5. The summed E-state index contributed by atoms with van der Waals surface area (Å²) in [6.07, 6.45) is 3.10. The predicted octanol–water partition coefficient (Wildman–Crippen LogP) is 4.25. The molecule has 0 N–H and O–H groups in total. The molecule has 1 heterocycles. The van der Waals surface area contributed by atoms with Crippen molar-refractivity contribution in [2.75, 3.05) is 5.75 Å². The number of nitrogens with zero attached hydrogens (tertiary/aromatic N) is 1. The van der Waals surface area contributed by atoms with Gasteiger partial charge in [0.15, 0.2) is 0 Å². The Bertz CT molecular complexity index is 211. The highest BCUT2D eigenvalue weighted by Crippen LogP contribution is 2.18. The quantitative estimate of drug-likeness (QED) is 0.691. The topological polar surface area (TPSA) is 12.9 Å². The molecule has 1 aromatic rings. The van der Waals surface area contributed by atoms with Crippen LogP contribution in [-0.2, 0) is 0 Å². The fourth-order valence-electron chi connectivity index (χ4n) is 0.778. The van der Waals surface area contributed by atoms with Gasteiger partial charge in [0.05, 0.1) is 5.03 Å². The normalized spacial score (nSPS) is 11.4. The van der Waals surface area contributed by atoms with Crippen LogP contribution >= 0.6 is 11.8 Å². The molecule has 1 aromatic heterocycles. The summed E-state index contributed by atoms with van der Waals surface area (Å²) in [7, 11) is 0. The standard InChI is InChI=1S/C10H15NS.C2H6/c1-3-9(2)8-12-10-6-4-5-7-11-10;1-2/h4-7,9H,3,8H2,1-2H3;1-2H3. The Morgan fingerprint density at radius 2 is 2.07 bits per heavy atom. The zero-order chi connectivity index (χ0) is 10.8. The number of aromatic nitrogens is 1. The van der Waals surface area contributed by atoms with E-state index in [1.54, 1.807) is 0 Å². The van der Waals surface area contributed by atoms with Gasteiger partial charge in [0.2, 0.25) is 0 Å². The molecular formula is C12H21NS. The lowest BCUT2D eigenvalue weighted by atomic mass is 10.2. The van der Waals surface area contributed by atoms with E-state index in [1.165, 1.54) is 12.2 Å². The molecule has 0 bridgehead atoms. The maximum Gasteiger partial charge on any atom is 0.0959 e. The molecule has 2 heteroatoms. The Hall–Kier alpha value is -0.500. The van der Waals surface area contributed by atoms with Gasteiger partial charge in [-0.05, 0) is 18.1 Å². The van der Waals surface area contributed by atoms with Crippen LogP contribution in [0.5, 0.6) is 0 Å². The maximum absolute atomic E-state index is 4.25. The Labute approximate surface area is 92.3 Å². The molecule has 0 amide bonds. The fourth-order valence-corrected chi connectivity index (χ4v) is 1.78. The highest BCUT2D eigenvalue weighted by Gasteiger charge is 1.99. The van der Waals surface area contributed by atoms with Crippen LogP contribution in [0.2, 0.25) is 0 Å². The molecule has 0 aliphatic carbocycles. The highest BCUT2D eigenvalue weighted by molar-refractivity contribution is 7.99. The van der Waals surface area contributed by atoms with E-state index < -0.39 is 0 Å². The molecule has 14 heavy (non-hydrogen) atoms. The summed E-state index contributed by atoms with van der Waals surface area (Å²) in [5.41, 5.74) is 0. The van der Waals surface area contributed by atoms with Crippen molar-refractivity contribution in [1.82, 2.24) is 4.98 Å². The lowest BCUT2D eigenvalue weighted by Gasteiger charge is -2.05. The van der Waals surface area contributed by atoms with Gasteiger partial charge in [0.25, 0.3) is 0 Å². The molecule has 0 fully saturated rings. The largest absolute Gasteiger partial charge is 0.250 e. The van der Waals surface area contributed by atoms with Gasteiger partial charge >= 0.3 is 0 Å². The first kappa shape index (κ1) is 13.5. The first-order chi connectivity index (χ1) is 6.83. The molecular weight excluding hydrogens is 190 g/mol. The molecule has 0 saturated heterocycles. The van der Waals surface area contributed by atoms with Gasteiger partial charge in [-0.3, -0.25) is 0 Å². The lowest BCUT2D eigenvalue weighted by molar-refractivity contribution is 0.636. The highest BCUT2D eigenvalue weighted by atomic mass is 32.2. The molecule has 1 rings (SSSR count). The first-order valence-corrected chi connectivity index (χ1v) is 6.35. The van der Waals surface area contributed by atoms with E-state index in [2.05, 4.69) is 24.9 Å². The van der Waals surface area contributed by atoms with Gasteiger partial charge in [0.1, 0.15) is 0 Å². The van der Waals surface area contributed by atoms with Crippen LogP contribution in [0, 0.1) is 5.92 Å². The third-order valence-corrected chi connectivity index (χ3v) is 3.12. The Kier molecular flexibility index (Phi) is 8.75. The zero-order valence-electron chi connectivity index (χ0n) is 9.66. The summed E-state index contributed by atoms with van der Waals surface area (Å²) in [5, 5.41) is 1.14. The summed E-state index contributed by atoms with van der Waals surface area (Å²) in [6, 6.07) is 6.05. The molecule has 0 radical (unpaired) electrons. The smallest absolute Gasteiger partial charge is 0.0959 e. The molecule has 0 saturated carbocycles. The molecule has 0 aliphatic heterocycles. The van der Waals surface area contributed by atoms with Crippen LogP contribution in [0.25, 0.3) is 0 Å². The van der Waals surface area contributed by atoms with Crippen molar-refractivity contribution >= 4 is 11.8 Å². The Morgan fingerprint density at radius 3 is 2.57 bits per heavy atom. The van der Waals surface area contributed by atoms with Crippen molar-refractivity contribution in [1.29, 1.82) is 0 Å². The minimum Gasteiger partial charge on any atom is -0.250 e. The van der Waals surface area contributed by atoms with Crippen LogP contribution < -0.4 is 0 Å². The second-order valence-electron chi connectivity index (χ2n) is 2.99. The first-order valence-electron chi connectivity index (χ1n) is 5.36. The predicted molar refractivity (Wildman–Crippen MR) is 65.8 cm³/mol. The van der Waals surface area contributed by atoms with Crippen molar-refractivity contribution in [3.05, 3.63) is 24.4 Å². The number of rotatable bonds is 4. The van der Waals surface area contributed by atoms with Gasteiger partial charge in [-0.15, -0.1) is 11.8 Å². The summed E-state index contributed by atoms with van der Waals surface area (Å²) in [4.78, 5) is 4.25. The van der Waals surface area contributed by atoms with Crippen LogP contribution in [-0.4, -0.2) is 10.7 Å². The molecule has 1 nitrogen and oxygen atoms in total. The van der Waals surface area contributed by atoms with E-state index in [-0.39, 0.29) is 0 Å². The average molecular weight is 211 g/mol. The summed E-state index contributed by atoms with van der Waals surface area (Å²) in [6.45, 7) is 8.50. The number of hydrogen-bond acceptors (Lipinski definition) is 2. The number of pyridine rings is 1. The van der Waals surface area contributed by atoms with E-state index in [9.17, 15) is 0 Å².